The van der Waals surface area contributed by atoms with Gasteiger partial charge in [-0.05, 0) is 170 Å². The van der Waals surface area contributed by atoms with E-state index in [2.05, 4.69) is 96.4 Å². The lowest BCUT2D eigenvalue weighted by Gasteiger charge is -2.31. The monoisotopic (exact) mass is 1780 g/mol. The number of likely N-dealkylation sites (tertiary alicyclic amines) is 1. The number of aromatic amines is 2. The normalized spacial score (nSPS) is 16.3. The number of guanidine groups is 1. The third-order valence-corrected chi connectivity index (χ3v) is 22.4. The molecular weight excluding hydrogens is 1650 g/mol. The fourth-order valence-electron chi connectivity index (χ4n) is 13.6. The fraction of sp³-hybridized carbons (Fsp3) is 0.662. The number of H-pyrrole nitrogens is 2. The van der Waals surface area contributed by atoms with Crippen LogP contribution in [0.15, 0.2) is 48.0 Å². The van der Waals surface area contributed by atoms with Crippen LogP contribution in [0.1, 0.15) is 169 Å². The topological polar surface area (TPSA) is 651 Å². The molecule has 1 saturated heterocycles. The summed E-state index contributed by atoms with van der Waals surface area (Å²) in [7, 11) is 0. The number of carboxylic acids is 2. The summed E-state index contributed by atoms with van der Waals surface area (Å²) in [5.41, 5.74) is 30.6. The maximum Gasteiger partial charge on any atom is 0.326 e. The van der Waals surface area contributed by atoms with E-state index >= 15 is 19.2 Å². The van der Waals surface area contributed by atoms with Crippen molar-refractivity contribution in [2.75, 3.05) is 55.9 Å². The number of benzene rings is 1. The molecule has 0 unspecified atom stereocenters. The standard InChI is InChI=1S/C80H132N22O18S3/c1-10-45(6)65(101-76(116)64(83)46(7)103)77(117)99-60(38-48-40-86-42-89-48)73(113)100-61(41-121)74(114)91-51(21-13-15-29-81)67(107)97-59(37-47-39-88-50-20-12-11-19-49(47)50)72(112)90-52(23-17-31-87-80(84)85)66(106)92-53(25-26-63(104)105)68(108)94-55(22-14-16-30-82)78(118)102-32-18-24-62(102)75(115)98-58(36-44(4)5)70(110)93-54(27-33-122-8)69(109)96-57(35-43(2)3)71(111)95-56(79(119)120)28-34-123-9/h11-12,19-20,39-40,42-46,51-62,64-65,88,103,121H,10,13-18,21-38,41,81-83H2,1-9H3,(H,86,89)(H,90,112)(H,91,114)(H,92,106)(H,93,110)(H,94,108)(H,95,111)(H,96,109)(H,97,107)(H,98,115)(H,99,117)(H,100,113)(H,101,116)(H,104,105)(H,119,120)(H4,84,85,87)/t45-,46+,51-,52-,53-,54-,55-,56-,57-,58-,59-,60-,61-,62-,64-,65-/m0/s1. The molecule has 688 valence electrons. The quantitative estimate of drug-likeness (QED) is 0.0126. The molecule has 0 saturated carbocycles. The average Bonchev–Trinajstić information content (AvgIpc) is 1.71. The smallest absolute Gasteiger partial charge is 0.326 e. The third-order valence-electron chi connectivity index (χ3n) is 20.8. The number of para-hydroxylation sites is 1. The minimum Gasteiger partial charge on any atom is -0.481 e. The summed E-state index contributed by atoms with van der Waals surface area (Å²) in [6.07, 6.45) is 6.91. The Hall–Kier alpha value is -9.82. The molecule has 1 aliphatic heterocycles. The van der Waals surface area contributed by atoms with E-state index in [0.717, 1.165) is 0 Å². The molecule has 0 radical (unpaired) electrons. The molecule has 0 spiro atoms. The highest BCUT2D eigenvalue weighted by molar-refractivity contribution is 7.98. The van der Waals surface area contributed by atoms with Gasteiger partial charge in [0.25, 0.3) is 0 Å². The highest BCUT2D eigenvalue weighted by Gasteiger charge is 2.42. The second-order valence-electron chi connectivity index (χ2n) is 31.6. The number of fused-ring (bicyclic) bond motifs is 1. The highest BCUT2D eigenvalue weighted by Crippen LogP contribution is 2.24. The number of nitrogens with two attached hydrogens (primary N) is 5. The predicted molar refractivity (Wildman–Crippen MR) is 470 cm³/mol. The van der Waals surface area contributed by atoms with Crippen LogP contribution in [0.3, 0.4) is 0 Å². The maximum atomic E-state index is 15.3. The molecule has 4 rings (SSSR count). The Morgan fingerprint density at radius 1 is 0.561 bits per heavy atom. The zero-order chi connectivity index (χ0) is 91.6. The summed E-state index contributed by atoms with van der Waals surface area (Å²) in [4.78, 5) is 228. The van der Waals surface area contributed by atoms with E-state index in [1.807, 2.05) is 13.8 Å². The number of thioether (sulfide) groups is 2. The fourth-order valence-corrected chi connectivity index (χ4v) is 14.8. The summed E-state index contributed by atoms with van der Waals surface area (Å²) < 4.78 is 0. The van der Waals surface area contributed by atoms with Gasteiger partial charge in [0.05, 0.1) is 12.4 Å². The van der Waals surface area contributed by atoms with Crippen LogP contribution in [-0.2, 0) is 84.8 Å². The molecule has 123 heavy (non-hydrogen) atoms. The number of aromatic nitrogens is 3. The van der Waals surface area contributed by atoms with Gasteiger partial charge >= 0.3 is 11.9 Å². The number of hydrogen-bond acceptors (Lipinski definition) is 24. The van der Waals surface area contributed by atoms with Gasteiger partial charge in [-0.2, -0.15) is 36.2 Å². The van der Waals surface area contributed by atoms with E-state index in [1.165, 1.54) is 47.9 Å². The number of carbonyl (C=O) groups is 15. The largest absolute Gasteiger partial charge is 0.481 e. The van der Waals surface area contributed by atoms with Crippen molar-refractivity contribution in [1.82, 2.24) is 83.7 Å². The Bertz CT molecular complexity index is 3970. The number of aliphatic hydroxyl groups excluding tert-OH is 1. The van der Waals surface area contributed by atoms with Crippen LogP contribution in [0.4, 0.5) is 0 Å². The number of thiol groups is 1. The lowest BCUT2D eigenvalue weighted by atomic mass is 9.97. The maximum absolute atomic E-state index is 15.3. The molecule has 13 amide bonds. The molecule has 3 heterocycles. The first-order valence-electron chi connectivity index (χ1n) is 41.8. The Balaban J connectivity index is 1.68. The molecule has 0 aliphatic carbocycles. The molecule has 1 fully saturated rings. The molecule has 40 nitrogen and oxygen atoms in total. The number of rotatable bonds is 59. The SMILES string of the molecule is CC[C@H](C)[C@H](NC(=O)[C@@H](N)[C@@H](C)O)C(=O)N[C@@H](Cc1cnc[nH]1)C(=O)N[C@@H](CS)C(=O)N[C@@H](CCCCN)C(=O)N[C@@H](Cc1c[nH]c2ccccc12)C(=O)N[C@@H](CCCN=C(N)N)C(=O)N[C@@H](CCC(=O)O)C(=O)N[C@@H](CCCCN)C(=O)N1CCC[C@H]1C(=O)N[C@@H](CC(C)C)C(=O)N[C@@H](CCSC)C(=O)N[C@@H](CC(C)C)C(=O)N[C@@H](CCSC)C(=O)O. The summed E-state index contributed by atoms with van der Waals surface area (Å²) >= 11 is 7.18. The first-order chi connectivity index (χ1) is 58.4. The van der Waals surface area contributed by atoms with Crippen LogP contribution >= 0.6 is 36.2 Å². The zero-order valence-corrected chi connectivity index (χ0v) is 74.3. The van der Waals surface area contributed by atoms with Gasteiger partial charge in [0.2, 0.25) is 76.8 Å². The predicted octanol–water partition coefficient (Wildman–Crippen LogP) is -1.97. The third kappa shape index (κ3) is 36.5. The van der Waals surface area contributed by atoms with Gasteiger partial charge in [-0.15, -0.1) is 0 Å². The molecular formula is C80H132N22O18S3. The summed E-state index contributed by atoms with van der Waals surface area (Å²) in [5.74, 6) is -14.4. The van der Waals surface area contributed by atoms with Gasteiger partial charge in [-0.25, -0.2) is 9.78 Å². The number of carbonyl (C=O) groups excluding carboxylic acids is 13. The van der Waals surface area contributed by atoms with Crippen LogP contribution in [0.5, 0.6) is 0 Å². The zero-order valence-electron chi connectivity index (χ0n) is 71.8. The lowest BCUT2D eigenvalue weighted by molar-refractivity contribution is -0.143. The highest BCUT2D eigenvalue weighted by atomic mass is 32.2. The Labute approximate surface area is 731 Å². The number of amides is 13. The van der Waals surface area contributed by atoms with E-state index in [9.17, 15) is 68.1 Å². The first-order valence-corrected chi connectivity index (χ1v) is 45.2. The number of unbranched alkanes of at least 4 members (excludes halogenated alkanes) is 2. The van der Waals surface area contributed by atoms with E-state index < -0.39 is 198 Å². The summed E-state index contributed by atoms with van der Waals surface area (Å²) in [5, 5.41) is 62.8. The van der Waals surface area contributed by atoms with Crippen LogP contribution in [0, 0.1) is 17.8 Å². The summed E-state index contributed by atoms with van der Waals surface area (Å²) in [6.45, 7) is 12.3. The Morgan fingerprint density at radius 2 is 1.02 bits per heavy atom. The number of imidazole rings is 1. The Morgan fingerprint density at radius 3 is 1.54 bits per heavy atom. The number of aliphatic carboxylic acids is 2. The van der Waals surface area contributed by atoms with Crippen LogP contribution in [0.2, 0.25) is 0 Å². The van der Waals surface area contributed by atoms with E-state index in [-0.39, 0.29) is 133 Å². The minimum atomic E-state index is -1.74. The number of hydrogen-bond donors (Lipinski definition) is 23. The Kier molecular flexibility index (Phi) is 47.5. The lowest BCUT2D eigenvalue weighted by Crippen LogP contribution is -2.61. The van der Waals surface area contributed by atoms with Gasteiger partial charge in [-0.1, -0.05) is 66.2 Å². The number of nitrogens with one attached hydrogen (secondary N) is 14. The molecule has 1 aliphatic rings. The van der Waals surface area contributed by atoms with Crippen molar-refractivity contribution < 1.29 is 87.2 Å². The number of nitrogens with zero attached hydrogens (tertiary/aromatic N) is 3. The molecule has 16 atom stereocenters. The molecule has 0 bridgehead atoms. The van der Waals surface area contributed by atoms with E-state index in [4.69, 9.17) is 28.7 Å². The molecule has 27 N–H and O–H groups in total. The van der Waals surface area contributed by atoms with Crippen molar-refractivity contribution in [2.24, 2.45) is 51.4 Å². The number of carboxylic acid groups (broad SMARTS) is 2. The molecule has 2 aromatic heterocycles. The second kappa shape index (κ2) is 55.4. The molecule has 43 heteroatoms. The van der Waals surface area contributed by atoms with Gasteiger partial charge in [-0.3, -0.25) is 72.1 Å². The van der Waals surface area contributed by atoms with Crippen LogP contribution in [-0.4, -0.2) is 277 Å². The van der Waals surface area contributed by atoms with Crippen LogP contribution < -0.4 is 92.5 Å². The summed E-state index contributed by atoms with van der Waals surface area (Å²) in [6, 6.07) is -12.5. The van der Waals surface area contributed by atoms with Crippen LogP contribution in [0.25, 0.3) is 10.9 Å². The minimum absolute atomic E-state index is 0.00373. The van der Waals surface area contributed by atoms with Crippen molar-refractivity contribution in [2.45, 2.75) is 261 Å². The molecule has 1 aromatic carbocycles. The molecule has 3 aromatic rings. The first kappa shape index (κ1) is 106. The van der Waals surface area contributed by atoms with Gasteiger partial charge in [0, 0.05) is 67.1 Å². The van der Waals surface area contributed by atoms with E-state index in [1.54, 1.807) is 70.7 Å². The van der Waals surface area contributed by atoms with E-state index in [0.29, 0.717) is 59.3 Å². The number of aliphatic hydroxyl groups is 1. The van der Waals surface area contributed by atoms with Crippen molar-refractivity contribution in [3.05, 3.63) is 54.2 Å². The van der Waals surface area contributed by atoms with Crippen molar-refractivity contribution in [3.63, 3.8) is 0 Å². The second-order valence-corrected chi connectivity index (χ2v) is 34.0. The van der Waals surface area contributed by atoms with Gasteiger partial charge in [0.15, 0.2) is 5.96 Å². The van der Waals surface area contributed by atoms with Crippen molar-refractivity contribution in [3.8, 4) is 0 Å². The van der Waals surface area contributed by atoms with Gasteiger partial charge in [0.1, 0.15) is 84.6 Å². The number of aliphatic imine (C=N–C) groups is 1. The van der Waals surface area contributed by atoms with Crippen molar-refractivity contribution >= 4 is 142 Å². The van der Waals surface area contributed by atoms with Gasteiger partial charge < -0.3 is 123 Å². The average molecular weight is 1790 g/mol. The van der Waals surface area contributed by atoms with Crippen molar-refractivity contribution in [1.29, 1.82) is 0 Å².